The van der Waals surface area contributed by atoms with Crippen LogP contribution in [-0.2, 0) is 71.1 Å². The molecule has 0 bridgehead atoms. The van der Waals surface area contributed by atoms with E-state index in [-0.39, 0.29) is 71.1 Å². The molecule has 1 nitrogen and oxygen atoms in total. The molecule has 0 N–H and O–H groups in total. The molecule has 0 fully saturated rings. The van der Waals surface area contributed by atoms with E-state index in [0.29, 0.717) is 0 Å². The molecule has 0 aliphatic carbocycles. The predicted molar refractivity (Wildman–Crippen MR) is 0.686 cm³/mol. The van der Waals surface area contributed by atoms with Crippen molar-refractivity contribution >= 4 is 0 Å². The first-order valence-corrected chi connectivity index (χ1v) is 0. The van der Waals surface area contributed by atoms with Crippen LogP contribution in [-0.4, -0.2) is 0 Å². The van der Waals surface area contributed by atoms with Gasteiger partial charge >= 0.3 is 65.7 Å². The van der Waals surface area contributed by atoms with Gasteiger partial charge in [-0.25, -0.2) is 0 Å². The molecule has 0 saturated carbocycles. The molecule has 0 aromatic heterocycles. The maximum Gasteiger partial charge on any atom is 5.00 e. The molecule has 0 rings (SSSR count). The number of hydrogen-bond acceptors (Lipinski definition) is 0. The molecule has 4 heavy (non-hydrogen) atoms. The Morgan fingerprint density at radius 1 is 1.00 bits per heavy atom. The molecular weight excluding hydrogens is 352 g/mol. The predicted octanol–water partition coefficient (Wildman–Crippen LogP) is -0.126. The van der Waals surface area contributed by atoms with E-state index in [2.05, 4.69) is 0 Å². The summed E-state index contributed by atoms with van der Waals surface area (Å²) in [5.74, 6) is 0. The molecule has 0 aliphatic heterocycles. The minimum Gasteiger partial charge on any atom is -2.00 e. The van der Waals surface area contributed by atoms with Gasteiger partial charge in [0.1, 0.15) is 0 Å². The summed E-state index contributed by atoms with van der Waals surface area (Å²) in [6, 6.07) is 0. The van der Waals surface area contributed by atoms with Gasteiger partial charge in [-0.2, -0.15) is 0 Å². The smallest absolute Gasteiger partial charge is 2.00 e. The average Bonchev–Trinajstić information content (AvgIpc) is 0. The summed E-state index contributed by atoms with van der Waals surface area (Å²) in [5, 5.41) is 0. The Bertz CT molecular complexity index is 8.00. The number of rotatable bonds is 0. The van der Waals surface area contributed by atoms with Crippen LogP contribution in [0.25, 0.3) is 0 Å². The van der Waals surface area contributed by atoms with Crippen molar-refractivity contribution in [2.45, 2.75) is 0 Å². The van der Waals surface area contributed by atoms with Crippen LogP contribution in [0, 0.1) is 0 Å². The Hall–Kier alpha value is 2.10. The Morgan fingerprint density at radius 2 is 1.00 bits per heavy atom. The van der Waals surface area contributed by atoms with E-state index in [4.69, 9.17) is 0 Å². The second-order valence-electron chi connectivity index (χ2n) is 0. The van der Waals surface area contributed by atoms with Crippen molar-refractivity contribution in [1.82, 2.24) is 0 Å². The van der Waals surface area contributed by atoms with Gasteiger partial charge in [0.2, 0.25) is 0 Å². The fourth-order valence-corrected chi connectivity index (χ4v) is 0. The van der Waals surface area contributed by atoms with Crippen LogP contribution < -0.4 is 0 Å². The maximum absolute atomic E-state index is 0. The summed E-state index contributed by atoms with van der Waals surface area (Å²) < 4.78 is 0. The van der Waals surface area contributed by atoms with Gasteiger partial charge in [-0.05, 0) is 0 Å². The first-order chi connectivity index (χ1) is 0. The molecule has 0 atom stereocenters. The third kappa shape index (κ3) is 8.93. The summed E-state index contributed by atoms with van der Waals surface area (Å²) in [6.45, 7) is 0. The van der Waals surface area contributed by atoms with E-state index < -0.39 is 0 Å². The van der Waals surface area contributed by atoms with Gasteiger partial charge in [-0.3, -0.25) is 0 Å². The zero-order valence-corrected chi connectivity index (χ0v) is 8.27. The van der Waals surface area contributed by atoms with Gasteiger partial charge in [-0.1, -0.05) is 0 Å². The molecule has 4 heteroatoms. The Morgan fingerprint density at radius 3 is 1.00 bits per heavy atom. The molecular formula is CuOTaZr+9. The van der Waals surface area contributed by atoms with Gasteiger partial charge in [0, 0.05) is 0 Å². The molecule has 0 aromatic rings. The SMILES string of the molecule is [Cu+2].[O-2].[Ta+5].[Zr+4]. The van der Waals surface area contributed by atoms with Gasteiger partial charge in [0.05, 0.1) is 0 Å². The van der Waals surface area contributed by atoms with Crippen molar-refractivity contribution in [2.75, 3.05) is 0 Å². The summed E-state index contributed by atoms with van der Waals surface area (Å²) >= 11 is 0. The van der Waals surface area contributed by atoms with E-state index in [1.165, 1.54) is 0 Å². The second-order valence-corrected chi connectivity index (χ2v) is 0. The zero-order chi connectivity index (χ0) is 0. The Kier molecular flexibility index (Phi) is 175. The Labute approximate surface area is 70.3 Å². The van der Waals surface area contributed by atoms with E-state index in [9.17, 15) is 0 Å². The van der Waals surface area contributed by atoms with Crippen molar-refractivity contribution in [2.24, 2.45) is 0 Å². The monoisotopic (exact) mass is 350 g/mol. The second kappa shape index (κ2) is 19.4. The average molecular weight is 352 g/mol. The van der Waals surface area contributed by atoms with Crippen molar-refractivity contribution in [3.8, 4) is 0 Å². The van der Waals surface area contributed by atoms with Crippen LogP contribution in [0.5, 0.6) is 0 Å². The van der Waals surface area contributed by atoms with Crippen LogP contribution in [0.2, 0.25) is 0 Å². The van der Waals surface area contributed by atoms with Crippen molar-refractivity contribution < 1.29 is 71.1 Å². The van der Waals surface area contributed by atoms with Gasteiger partial charge in [0.15, 0.2) is 0 Å². The van der Waals surface area contributed by atoms with Crippen molar-refractivity contribution in [3.05, 3.63) is 0 Å². The van der Waals surface area contributed by atoms with Crippen LogP contribution in [0.15, 0.2) is 0 Å². The summed E-state index contributed by atoms with van der Waals surface area (Å²) in [4.78, 5) is 0. The third-order valence-electron chi connectivity index (χ3n) is 0. The summed E-state index contributed by atoms with van der Waals surface area (Å²) in [5.41, 5.74) is 0. The molecule has 0 aromatic carbocycles. The molecule has 0 heterocycles. The van der Waals surface area contributed by atoms with Crippen LogP contribution in [0.3, 0.4) is 0 Å². The number of hydrogen-bond donors (Lipinski definition) is 0. The van der Waals surface area contributed by atoms with Gasteiger partial charge in [0.25, 0.3) is 0 Å². The van der Waals surface area contributed by atoms with Crippen LogP contribution in [0.1, 0.15) is 0 Å². The first kappa shape index (κ1) is 35.9. The third-order valence-corrected chi connectivity index (χ3v) is 0. The van der Waals surface area contributed by atoms with E-state index >= 15 is 0 Å². The molecule has 0 amide bonds. The van der Waals surface area contributed by atoms with Crippen molar-refractivity contribution in [3.63, 3.8) is 0 Å². The quantitative estimate of drug-likeness (QED) is 0.544. The molecule has 0 saturated heterocycles. The molecule has 0 spiro atoms. The minimum atomic E-state index is 0. The first-order valence-electron chi connectivity index (χ1n) is 0. The van der Waals surface area contributed by atoms with Crippen LogP contribution in [0.4, 0.5) is 0 Å². The topological polar surface area (TPSA) is 28.5 Å². The maximum atomic E-state index is 0. The van der Waals surface area contributed by atoms with E-state index in [1.54, 1.807) is 0 Å². The molecule has 17 valence electrons. The Balaban J connectivity index is 0. The largest absolute Gasteiger partial charge is 5.00 e. The standard InChI is InChI=1S/Cu.O.Ta.Zr/q+2;-2;+5;+4. The zero-order valence-electron chi connectivity index (χ0n) is 1.66. The van der Waals surface area contributed by atoms with Crippen molar-refractivity contribution in [1.29, 1.82) is 0 Å². The summed E-state index contributed by atoms with van der Waals surface area (Å²) in [7, 11) is 0. The minimum absolute atomic E-state index is 0. The summed E-state index contributed by atoms with van der Waals surface area (Å²) in [6.07, 6.45) is 0. The van der Waals surface area contributed by atoms with E-state index in [0.717, 1.165) is 0 Å². The molecule has 0 unspecified atom stereocenters. The molecule has 0 aliphatic rings. The van der Waals surface area contributed by atoms with Crippen LogP contribution >= 0.6 is 0 Å². The fraction of sp³-hybridized carbons (Fsp3) is 0. The van der Waals surface area contributed by atoms with Gasteiger partial charge in [-0.15, -0.1) is 0 Å². The van der Waals surface area contributed by atoms with Gasteiger partial charge < -0.3 is 5.48 Å². The normalized spacial score (nSPS) is 0. The molecule has 1 radical (unpaired) electrons. The fourth-order valence-electron chi connectivity index (χ4n) is 0. The van der Waals surface area contributed by atoms with E-state index in [1.807, 2.05) is 0 Å².